The molecule has 100 valence electrons. The topological polar surface area (TPSA) is 0 Å². The Morgan fingerprint density at radius 3 is 1.50 bits per heavy atom. The normalized spacial score (nSPS) is 13.6. The van der Waals surface area contributed by atoms with Gasteiger partial charge < -0.3 is 0 Å². The Morgan fingerprint density at radius 1 is 0.650 bits per heavy atom. The van der Waals surface area contributed by atoms with Crippen LogP contribution in [0.15, 0.2) is 49.6 Å². The van der Waals surface area contributed by atoms with E-state index in [0.29, 0.717) is 0 Å². The van der Waals surface area contributed by atoms with Crippen molar-refractivity contribution >= 4 is 12.2 Å². The van der Waals surface area contributed by atoms with E-state index >= 15 is 0 Å². The van der Waals surface area contributed by atoms with Crippen molar-refractivity contribution in [1.29, 1.82) is 0 Å². The van der Waals surface area contributed by atoms with Gasteiger partial charge in [-0.25, -0.2) is 0 Å². The number of hydrogen-bond acceptors (Lipinski definition) is 0. The van der Waals surface area contributed by atoms with Crippen LogP contribution in [-0.2, 0) is 25.7 Å². The van der Waals surface area contributed by atoms with Gasteiger partial charge in [0.05, 0.1) is 0 Å². The van der Waals surface area contributed by atoms with Gasteiger partial charge in [0.2, 0.25) is 0 Å². The zero-order chi connectivity index (χ0) is 13.9. The van der Waals surface area contributed by atoms with Crippen molar-refractivity contribution in [3.63, 3.8) is 0 Å². The van der Waals surface area contributed by atoms with Crippen molar-refractivity contribution in [2.45, 2.75) is 25.7 Å². The average Bonchev–Trinajstić information content (AvgIpc) is 2.49. The predicted molar refractivity (Wildman–Crippen MR) is 87.9 cm³/mol. The van der Waals surface area contributed by atoms with Crippen molar-refractivity contribution in [3.05, 3.63) is 82.9 Å². The van der Waals surface area contributed by atoms with Crippen molar-refractivity contribution in [1.82, 2.24) is 0 Å². The van der Waals surface area contributed by atoms with Crippen LogP contribution in [0.3, 0.4) is 0 Å². The summed E-state index contributed by atoms with van der Waals surface area (Å²) in [6.45, 7) is 7.91. The van der Waals surface area contributed by atoms with E-state index in [4.69, 9.17) is 0 Å². The Hall–Kier alpha value is -2.08. The van der Waals surface area contributed by atoms with Gasteiger partial charge >= 0.3 is 0 Å². The van der Waals surface area contributed by atoms with Gasteiger partial charge in [-0.1, -0.05) is 61.7 Å². The highest BCUT2D eigenvalue weighted by molar-refractivity contribution is 5.56. The molecule has 0 saturated heterocycles. The predicted octanol–water partition coefficient (Wildman–Crippen LogP) is 4.86. The van der Waals surface area contributed by atoms with E-state index in [0.717, 1.165) is 25.7 Å². The summed E-state index contributed by atoms with van der Waals surface area (Å²) >= 11 is 0. The van der Waals surface area contributed by atoms with Crippen LogP contribution in [0.5, 0.6) is 0 Å². The molecule has 0 nitrogen and oxygen atoms in total. The molecule has 0 aliphatic heterocycles. The molecule has 0 saturated carbocycles. The zero-order valence-corrected chi connectivity index (χ0v) is 11.9. The van der Waals surface area contributed by atoms with Gasteiger partial charge in [-0.3, -0.25) is 0 Å². The van der Waals surface area contributed by atoms with E-state index in [1.165, 1.54) is 33.4 Å². The molecular weight excluding hydrogens is 240 g/mol. The van der Waals surface area contributed by atoms with Gasteiger partial charge in [0.15, 0.2) is 0 Å². The largest absolute Gasteiger partial charge is 0.0985 e. The summed E-state index contributed by atoms with van der Waals surface area (Å²) in [5.74, 6) is 0. The van der Waals surface area contributed by atoms with Gasteiger partial charge in [-0.05, 0) is 59.1 Å². The highest BCUT2D eigenvalue weighted by Gasteiger charge is 2.08. The standard InChI is InChI=1S/C20H20/c1-3-17-13-15-5-9-19(17)11-7-16-6-10-20(12-8-15)18(4-2)14-16/h3-6,9-10,13-14H,1-2,7-8,11-12H2. The Balaban J connectivity index is 2.06. The summed E-state index contributed by atoms with van der Waals surface area (Å²) in [6.07, 6.45) is 8.25. The first-order valence-corrected chi connectivity index (χ1v) is 7.28. The summed E-state index contributed by atoms with van der Waals surface area (Å²) in [4.78, 5) is 0. The third kappa shape index (κ3) is 2.46. The Morgan fingerprint density at radius 2 is 1.10 bits per heavy atom. The fraction of sp³-hybridized carbons (Fsp3) is 0.200. The van der Waals surface area contributed by atoms with E-state index in [9.17, 15) is 0 Å². The minimum absolute atomic E-state index is 1.07. The SMILES string of the molecule is C=Cc1cc2ccc1CCc1ccc(c(C=C)c1)CC2. The maximum atomic E-state index is 3.96. The quantitative estimate of drug-likeness (QED) is 0.723. The molecule has 4 bridgehead atoms. The summed E-state index contributed by atoms with van der Waals surface area (Å²) in [6, 6.07) is 13.7. The molecule has 0 atom stereocenters. The molecular formula is C20H20. The zero-order valence-electron chi connectivity index (χ0n) is 11.9. The van der Waals surface area contributed by atoms with Gasteiger partial charge in [-0.15, -0.1) is 0 Å². The minimum atomic E-state index is 1.07. The second-order valence-corrected chi connectivity index (χ2v) is 5.47. The molecule has 0 spiro atoms. The van der Waals surface area contributed by atoms with Gasteiger partial charge in [-0.2, -0.15) is 0 Å². The molecule has 20 heavy (non-hydrogen) atoms. The third-order valence-corrected chi connectivity index (χ3v) is 4.23. The van der Waals surface area contributed by atoms with E-state index in [-0.39, 0.29) is 0 Å². The number of benzene rings is 2. The Bertz CT molecular complexity index is 602. The van der Waals surface area contributed by atoms with E-state index in [1.54, 1.807) is 0 Å². The Labute approximate surface area is 121 Å². The number of hydrogen-bond donors (Lipinski definition) is 0. The van der Waals surface area contributed by atoms with Crippen LogP contribution in [0.4, 0.5) is 0 Å². The van der Waals surface area contributed by atoms with E-state index in [2.05, 4.69) is 49.6 Å². The highest BCUT2D eigenvalue weighted by atomic mass is 14.1. The van der Waals surface area contributed by atoms with Crippen LogP contribution in [-0.4, -0.2) is 0 Å². The molecule has 4 aliphatic rings. The summed E-state index contributed by atoms with van der Waals surface area (Å²) < 4.78 is 0. The maximum absolute atomic E-state index is 3.96. The summed E-state index contributed by atoms with van der Waals surface area (Å²) in [5, 5.41) is 0. The fourth-order valence-electron chi connectivity index (χ4n) is 2.99. The van der Waals surface area contributed by atoms with Crippen LogP contribution in [0.2, 0.25) is 0 Å². The lowest BCUT2D eigenvalue weighted by atomic mass is 9.91. The molecule has 0 amide bonds. The van der Waals surface area contributed by atoms with Crippen molar-refractivity contribution in [2.75, 3.05) is 0 Å². The van der Waals surface area contributed by atoms with Crippen LogP contribution < -0.4 is 0 Å². The Kier molecular flexibility index (Phi) is 3.56. The van der Waals surface area contributed by atoms with Crippen LogP contribution in [0.25, 0.3) is 12.2 Å². The fourth-order valence-corrected chi connectivity index (χ4v) is 2.99. The van der Waals surface area contributed by atoms with E-state index in [1.807, 2.05) is 12.2 Å². The molecule has 2 aromatic carbocycles. The van der Waals surface area contributed by atoms with E-state index < -0.39 is 0 Å². The molecule has 0 heterocycles. The van der Waals surface area contributed by atoms with Gasteiger partial charge in [0, 0.05) is 0 Å². The minimum Gasteiger partial charge on any atom is -0.0985 e. The lowest BCUT2D eigenvalue weighted by Gasteiger charge is -2.14. The van der Waals surface area contributed by atoms with Crippen molar-refractivity contribution in [2.24, 2.45) is 0 Å². The summed E-state index contributed by atoms with van der Waals surface area (Å²) in [5.41, 5.74) is 8.16. The lowest BCUT2D eigenvalue weighted by Crippen LogP contribution is -2.01. The monoisotopic (exact) mass is 260 g/mol. The third-order valence-electron chi connectivity index (χ3n) is 4.23. The average molecular weight is 260 g/mol. The highest BCUT2D eigenvalue weighted by Crippen LogP contribution is 2.22. The van der Waals surface area contributed by atoms with Crippen LogP contribution >= 0.6 is 0 Å². The van der Waals surface area contributed by atoms with Gasteiger partial charge in [0.1, 0.15) is 0 Å². The van der Waals surface area contributed by atoms with Crippen LogP contribution in [0, 0.1) is 0 Å². The molecule has 0 fully saturated rings. The first-order valence-electron chi connectivity index (χ1n) is 7.28. The van der Waals surface area contributed by atoms with Crippen LogP contribution in [0.1, 0.15) is 33.4 Å². The first kappa shape index (κ1) is 12.9. The second kappa shape index (κ2) is 5.50. The summed E-state index contributed by atoms with van der Waals surface area (Å²) in [7, 11) is 0. The van der Waals surface area contributed by atoms with Crippen molar-refractivity contribution in [3.8, 4) is 0 Å². The molecule has 2 aromatic rings. The number of rotatable bonds is 2. The second-order valence-electron chi connectivity index (χ2n) is 5.47. The van der Waals surface area contributed by atoms with Gasteiger partial charge in [0.25, 0.3) is 0 Å². The molecule has 0 unspecified atom stereocenters. The molecule has 0 heteroatoms. The smallest absolute Gasteiger partial charge is 0.0228 e. The molecule has 0 aromatic heterocycles. The number of aryl methyl sites for hydroxylation is 4. The maximum Gasteiger partial charge on any atom is -0.0228 e. The molecule has 0 radical (unpaired) electrons. The molecule has 0 N–H and O–H groups in total. The van der Waals surface area contributed by atoms with Crippen molar-refractivity contribution < 1.29 is 0 Å². The molecule has 4 aliphatic carbocycles. The molecule has 6 rings (SSSR count). The first-order chi connectivity index (χ1) is 9.80. The lowest BCUT2D eigenvalue weighted by molar-refractivity contribution is 0.917.